The molecule has 10 heteroatoms. The van der Waals surface area contributed by atoms with Gasteiger partial charge < -0.3 is 25.3 Å². The van der Waals surface area contributed by atoms with Crippen LogP contribution in [-0.2, 0) is 16.0 Å². The van der Waals surface area contributed by atoms with Gasteiger partial charge in [0.2, 0.25) is 5.91 Å². The van der Waals surface area contributed by atoms with Crippen LogP contribution in [0, 0.1) is 0 Å². The first-order valence-electron chi connectivity index (χ1n) is 13.0. The van der Waals surface area contributed by atoms with Crippen LogP contribution in [0.1, 0.15) is 23.1 Å². The van der Waals surface area contributed by atoms with Crippen molar-refractivity contribution in [2.45, 2.75) is 12.8 Å². The first kappa shape index (κ1) is 29.3. The van der Waals surface area contributed by atoms with Gasteiger partial charge in [-0.05, 0) is 77.7 Å². The first-order valence-corrected chi connectivity index (χ1v) is 13.0. The smallest absolute Gasteiger partial charge is 0.318 e. The highest BCUT2D eigenvalue weighted by Gasteiger charge is 2.14. The minimum absolute atomic E-state index is 0.137. The molecule has 0 aliphatic heterocycles. The molecule has 0 aliphatic rings. The fraction of sp³-hybridized carbons (Fsp3) is 0.125. The van der Waals surface area contributed by atoms with Gasteiger partial charge in [-0.3, -0.25) is 19.9 Å². The van der Waals surface area contributed by atoms with Crippen LogP contribution in [0.2, 0.25) is 0 Å². The molecule has 0 bridgehead atoms. The minimum atomic E-state index is -0.868. The van der Waals surface area contributed by atoms with Crippen LogP contribution in [0.15, 0.2) is 91.3 Å². The fourth-order valence-corrected chi connectivity index (χ4v) is 4.01. The molecule has 42 heavy (non-hydrogen) atoms. The SMILES string of the molecule is COc1cc(/C=C(/C(=O)Nc2ccncc2)c2ccc(Oc3ccc(CCC(=O)NC(N)=O)cc3)cc2)cc(OC)c1. The number of imide groups is 1. The zero-order valence-electron chi connectivity index (χ0n) is 23.1. The molecule has 0 spiro atoms. The van der Waals surface area contributed by atoms with Gasteiger partial charge in [-0.1, -0.05) is 24.3 Å². The summed E-state index contributed by atoms with van der Waals surface area (Å²) in [5.41, 5.74) is 8.28. The number of carbonyl (C=O) groups is 3. The van der Waals surface area contributed by atoms with Gasteiger partial charge in [-0.2, -0.15) is 0 Å². The summed E-state index contributed by atoms with van der Waals surface area (Å²) in [4.78, 5) is 39.8. The van der Waals surface area contributed by atoms with Crippen molar-refractivity contribution >= 4 is 35.2 Å². The average Bonchev–Trinajstić information content (AvgIpc) is 3.00. The highest BCUT2D eigenvalue weighted by atomic mass is 16.5. The van der Waals surface area contributed by atoms with E-state index in [9.17, 15) is 14.4 Å². The number of nitrogens with one attached hydrogen (secondary N) is 2. The lowest BCUT2D eigenvalue weighted by molar-refractivity contribution is -0.120. The van der Waals surface area contributed by atoms with E-state index in [1.807, 2.05) is 29.6 Å². The number of anilines is 1. The third-order valence-electron chi connectivity index (χ3n) is 6.10. The lowest BCUT2D eigenvalue weighted by Gasteiger charge is -2.12. The van der Waals surface area contributed by atoms with E-state index in [1.165, 1.54) is 0 Å². The van der Waals surface area contributed by atoms with E-state index in [2.05, 4.69) is 10.3 Å². The summed E-state index contributed by atoms with van der Waals surface area (Å²) in [6.45, 7) is 0. The van der Waals surface area contributed by atoms with Gasteiger partial charge in [0.25, 0.3) is 5.91 Å². The lowest BCUT2D eigenvalue weighted by atomic mass is 10.0. The molecule has 4 rings (SSSR count). The van der Waals surface area contributed by atoms with Crippen molar-refractivity contribution in [2.75, 3.05) is 19.5 Å². The molecule has 10 nitrogen and oxygen atoms in total. The van der Waals surface area contributed by atoms with Crippen LogP contribution in [0.5, 0.6) is 23.0 Å². The van der Waals surface area contributed by atoms with Crippen molar-refractivity contribution in [3.8, 4) is 23.0 Å². The van der Waals surface area contributed by atoms with Crippen molar-refractivity contribution in [2.24, 2.45) is 5.73 Å². The molecule has 4 amide bonds. The molecule has 0 atom stereocenters. The number of aryl methyl sites for hydroxylation is 1. The van der Waals surface area contributed by atoms with Crippen molar-refractivity contribution < 1.29 is 28.6 Å². The molecule has 4 aromatic rings. The minimum Gasteiger partial charge on any atom is -0.497 e. The van der Waals surface area contributed by atoms with E-state index in [1.54, 1.807) is 87.3 Å². The van der Waals surface area contributed by atoms with Crippen LogP contribution in [0.3, 0.4) is 0 Å². The predicted molar refractivity (Wildman–Crippen MR) is 159 cm³/mol. The first-order chi connectivity index (χ1) is 20.3. The number of primary amides is 1. The number of benzene rings is 3. The maximum absolute atomic E-state index is 13.4. The molecule has 0 saturated carbocycles. The second-order valence-corrected chi connectivity index (χ2v) is 9.08. The quantitative estimate of drug-likeness (QED) is 0.167. The number of urea groups is 1. The third kappa shape index (κ3) is 8.43. The van der Waals surface area contributed by atoms with Gasteiger partial charge in [0.15, 0.2) is 0 Å². The Balaban J connectivity index is 1.53. The van der Waals surface area contributed by atoms with Crippen molar-refractivity contribution in [3.63, 3.8) is 0 Å². The van der Waals surface area contributed by atoms with E-state index in [0.717, 1.165) is 11.1 Å². The van der Waals surface area contributed by atoms with Crippen molar-refractivity contribution in [3.05, 3.63) is 108 Å². The molecule has 1 heterocycles. The number of ether oxygens (including phenoxy) is 3. The van der Waals surface area contributed by atoms with E-state index >= 15 is 0 Å². The average molecular weight is 567 g/mol. The summed E-state index contributed by atoms with van der Waals surface area (Å²) >= 11 is 0. The predicted octanol–water partition coefficient (Wildman–Crippen LogP) is 5.20. The van der Waals surface area contributed by atoms with E-state index in [0.29, 0.717) is 46.2 Å². The molecule has 0 radical (unpaired) electrons. The molecule has 1 aromatic heterocycles. The van der Waals surface area contributed by atoms with Gasteiger partial charge in [-0.15, -0.1) is 0 Å². The number of nitrogens with zero attached hydrogens (tertiary/aromatic N) is 1. The molecule has 3 aromatic carbocycles. The summed E-state index contributed by atoms with van der Waals surface area (Å²) in [5.74, 6) is 1.62. The van der Waals surface area contributed by atoms with Crippen LogP contribution in [-0.4, -0.2) is 37.0 Å². The van der Waals surface area contributed by atoms with Crippen LogP contribution in [0.4, 0.5) is 10.5 Å². The van der Waals surface area contributed by atoms with Crippen molar-refractivity contribution in [1.82, 2.24) is 10.3 Å². The number of pyridine rings is 1. The zero-order valence-corrected chi connectivity index (χ0v) is 23.1. The summed E-state index contributed by atoms with van der Waals surface area (Å²) in [6, 6.07) is 22.4. The topological polar surface area (TPSA) is 142 Å². The summed E-state index contributed by atoms with van der Waals surface area (Å²) in [5, 5.41) is 4.96. The van der Waals surface area contributed by atoms with Gasteiger partial charge in [0.1, 0.15) is 23.0 Å². The maximum Gasteiger partial charge on any atom is 0.318 e. The number of methoxy groups -OCH3 is 2. The van der Waals surface area contributed by atoms with Crippen LogP contribution in [0.25, 0.3) is 11.6 Å². The van der Waals surface area contributed by atoms with Gasteiger partial charge in [-0.25, -0.2) is 4.79 Å². The van der Waals surface area contributed by atoms with Crippen LogP contribution < -0.4 is 30.6 Å². The molecule has 0 aliphatic carbocycles. The molecule has 0 fully saturated rings. The highest BCUT2D eigenvalue weighted by Crippen LogP contribution is 2.29. The Labute approximate surface area is 243 Å². The molecular weight excluding hydrogens is 536 g/mol. The molecular formula is C32H30N4O6. The third-order valence-corrected chi connectivity index (χ3v) is 6.10. The largest absolute Gasteiger partial charge is 0.497 e. The highest BCUT2D eigenvalue weighted by molar-refractivity contribution is 6.29. The van der Waals surface area contributed by atoms with Crippen LogP contribution >= 0.6 is 0 Å². The van der Waals surface area contributed by atoms with E-state index in [4.69, 9.17) is 19.9 Å². The Morgan fingerprint density at radius 3 is 1.98 bits per heavy atom. The number of carbonyl (C=O) groups excluding carboxylic acids is 3. The number of hydrogen-bond acceptors (Lipinski definition) is 7. The number of rotatable bonds is 11. The standard InChI is InChI=1S/C32H30N4O6/c1-40-27-17-22(18-28(20-27)41-2)19-29(31(38)35-24-13-15-34-16-14-24)23-6-10-26(11-7-23)42-25-8-3-21(4-9-25)5-12-30(37)36-32(33)39/h3-4,6-11,13-20H,5,12H2,1-2H3,(H,34,35,38)(H3,33,36,37,39)/b29-19+. The number of hydrogen-bond donors (Lipinski definition) is 3. The summed E-state index contributed by atoms with van der Waals surface area (Å²) in [7, 11) is 3.13. The second-order valence-electron chi connectivity index (χ2n) is 9.08. The maximum atomic E-state index is 13.4. The molecule has 0 unspecified atom stereocenters. The molecule has 214 valence electrons. The Morgan fingerprint density at radius 1 is 0.810 bits per heavy atom. The zero-order chi connectivity index (χ0) is 29.9. The normalized spacial score (nSPS) is 10.9. The summed E-state index contributed by atoms with van der Waals surface area (Å²) < 4.78 is 16.8. The number of amides is 4. The van der Waals surface area contributed by atoms with Crippen molar-refractivity contribution in [1.29, 1.82) is 0 Å². The molecule has 0 saturated heterocycles. The van der Waals surface area contributed by atoms with Gasteiger partial charge in [0.05, 0.1) is 14.2 Å². The Morgan fingerprint density at radius 2 is 1.40 bits per heavy atom. The second kappa shape index (κ2) is 14.1. The van der Waals surface area contributed by atoms with Gasteiger partial charge >= 0.3 is 6.03 Å². The Bertz CT molecular complexity index is 1550. The Kier molecular flexibility index (Phi) is 9.87. The Hall–Kier alpha value is -5.64. The summed E-state index contributed by atoms with van der Waals surface area (Å²) in [6.07, 6.45) is 5.55. The monoisotopic (exact) mass is 566 g/mol. The lowest BCUT2D eigenvalue weighted by Crippen LogP contribution is -2.35. The fourth-order valence-electron chi connectivity index (χ4n) is 4.01. The number of aromatic nitrogens is 1. The van der Waals surface area contributed by atoms with Gasteiger partial charge in [0, 0.05) is 36.1 Å². The van der Waals surface area contributed by atoms with E-state index in [-0.39, 0.29) is 12.3 Å². The molecule has 4 N–H and O–H groups in total. The number of nitrogens with two attached hydrogens (primary N) is 1. The van der Waals surface area contributed by atoms with E-state index < -0.39 is 11.9 Å².